The molecular weight excluding hydrogens is 484 g/mol. The second kappa shape index (κ2) is 9.63. The molecule has 0 radical (unpaired) electrons. The molecule has 0 amide bonds. The minimum Gasteiger partial charge on any atom is -0.395 e. The van der Waals surface area contributed by atoms with Crippen LogP contribution in [0.1, 0.15) is 50.1 Å². The fourth-order valence-electron chi connectivity index (χ4n) is 4.44. The highest BCUT2D eigenvalue weighted by atomic mass is 79.9. The van der Waals surface area contributed by atoms with Crippen molar-refractivity contribution in [1.29, 1.82) is 5.26 Å². The molecule has 1 aromatic carbocycles. The Hall–Kier alpha value is -2.74. The van der Waals surface area contributed by atoms with Gasteiger partial charge in [-0.3, -0.25) is 0 Å². The van der Waals surface area contributed by atoms with Gasteiger partial charge in [0.25, 0.3) is 0 Å². The van der Waals surface area contributed by atoms with Crippen molar-refractivity contribution in [3.63, 3.8) is 0 Å². The molecule has 33 heavy (non-hydrogen) atoms. The van der Waals surface area contributed by atoms with E-state index in [1.165, 1.54) is 0 Å². The topological polar surface area (TPSA) is 124 Å². The number of aliphatic hydroxyl groups is 1. The van der Waals surface area contributed by atoms with E-state index in [9.17, 15) is 5.26 Å². The van der Waals surface area contributed by atoms with Crippen molar-refractivity contribution in [3.05, 3.63) is 34.6 Å². The molecule has 0 aliphatic heterocycles. The molecule has 0 spiro atoms. The minimum absolute atomic E-state index is 0.171. The Kier molecular flexibility index (Phi) is 6.44. The first kappa shape index (κ1) is 22.1. The standard InChI is InChI=1S/C23H27BrN8O/c24-15-9-14(12-25)10-18(11-15)28-21-20-22(32(13-27-20)19-5-6-19)31-23(30-21)29-17-3-1-16(2-4-17)26-7-8-33/h9-11,13,16-17,19,26,33H,1-8H2,(H2,28,29,30,31). The van der Waals surface area contributed by atoms with Crippen LogP contribution in [-0.4, -0.2) is 49.9 Å². The molecule has 0 saturated heterocycles. The number of aliphatic hydroxyl groups excluding tert-OH is 1. The lowest BCUT2D eigenvalue weighted by molar-refractivity contribution is 0.269. The highest BCUT2D eigenvalue weighted by Gasteiger charge is 2.28. The molecule has 4 N–H and O–H groups in total. The van der Waals surface area contributed by atoms with Crippen LogP contribution in [0.2, 0.25) is 0 Å². The number of imidazole rings is 1. The number of hydrogen-bond donors (Lipinski definition) is 4. The van der Waals surface area contributed by atoms with Gasteiger partial charge in [-0.2, -0.15) is 15.2 Å². The zero-order valence-electron chi connectivity index (χ0n) is 18.3. The number of nitrogens with zero attached hydrogens (tertiary/aromatic N) is 5. The lowest BCUT2D eigenvalue weighted by atomic mass is 9.91. The summed E-state index contributed by atoms with van der Waals surface area (Å²) in [6.07, 6.45) is 8.29. The summed E-state index contributed by atoms with van der Waals surface area (Å²) in [5.41, 5.74) is 2.88. The Morgan fingerprint density at radius 3 is 2.61 bits per heavy atom. The third kappa shape index (κ3) is 5.11. The Morgan fingerprint density at radius 2 is 1.88 bits per heavy atom. The quantitative estimate of drug-likeness (QED) is 0.360. The summed E-state index contributed by atoms with van der Waals surface area (Å²) in [4.78, 5) is 14.2. The molecule has 2 saturated carbocycles. The first-order valence-corrected chi connectivity index (χ1v) is 12.3. The Morgan fingerprint density at radius 1 is 1.09 bits per heavy atom. The maximum atomic E-state index is 9.32. The summed E-state index contributed by atoms with van der Waals surface area (Å²) in [6, 6.07) is 8.89. The third-order valence-electron chi connectivity index (χ3n) is 6.26. The molecule has 172 valence electrons. The molecule has 5 rings (SSSR count). The van der Waals surface area contributed by atoms with Crippen molar-refractivity contribution in [2.24, 2.45) is 0 Å². The van der Waals surface area contributed by atoms with Gasteiger partial charge in [0.2, 0.25) is 5.95 Å². The second-order valence-electron chi connectivity index (χ2n) is 8.79. The molecule has 2 aliphatic rings. The smallest absolute Gasteiger partial charge is 0.227 e. The van der Waals surface area contributed by atoms with Crippen LogP contribution in [0.4, 0.5) is 17.5 Å². The van der Waals surface area contributed by atoms with Crippen LogP contribution < -0.4 is 16.0 Å². The predicted molar refractivity (Wildman–Crippen MR) is 130 cm³/mol. The summed E-state index contributed by atoms with van der Waals surface area (Å²) < 4.78 is 2.97. The van der Waals surface area contributed by atoms with Gasteiger partial charge in [0, 0.05) is 34.8 Å². The summed E-state index contributed by atoms with van der Waals surface area (Å²) in [5.74, 6) is 1.22. The average Bonchev–Trinajstić information content (AvgIpc) is 3.57. The van der Waals surface area contributed by atoms with E-state index in [0.29, 0.717) is 42.0 Å². The van der Waals surface area contributed by atoms with Gasteiger partial charge in [0.15, 0.2) is 17.0 Å². The second-order valence-corrected chi connectivity index (χ2v) is 9.70. The van der Waals surface area contributed by atoms with E-state index in [2.05, 4.69) is 47.5 Å². The third-order valence-corrected chi connectivity index (χ3v) is 6.71. The molecule has 3 aromatic rings. The maximum Gasteiger partial charge on any atom is 0.227 e. The van der Waals surface area contributed by atoms with Gasteiger partial charge in [-0.05, 0) is 56.7 Å². The van der Waals surface area contributed by atoms with Crippen molar-refractivity contribution < 1.29 is 5.11 Å². The van der Waals surface area contributed by atoms with Crippen molar-refractivity contribution in [1.82, 2.24) is 24.8 Å². The molecule has 2 heterocycles. The first-order chi connectivity index (χ1) is 16.1. The normalized spacial score (nSPS) is 20.5. The molecule has 2 aromatic heterocycles. The van der Waals surface area contributed by atoms with E-state index in [1.807, 2.05) is 12.4 Å². The summed E-state index contributed by atoms with van der Waals surface area (Å²) in [6.45, 7) is 0.816. The molecular formula is C23H27BrN8O. The zero-order valence-corrected chi connectivity index (χ0v) is 19.8. The van der Waals surface area contributed by atoms with Crippen LogP contribution in [0.5, 0.6) is 0 Å². The Bertz CT molecular complexity index is 1180. The largest absolute Gasteiger partial charge is 0.395 e. The van der Waals surface area contributed by atoms with E-state index in [1.54, 1.807) is 12.1 Å². The fraction of sp³-hybridized carbons (Fsp3) is 0.478. The summed E-state index contributed by atoms with van der Waals surface area (Å²) in [7, 11) is 0. The van der Waals surface area contributed by atoms with Gasteiger partial charge in [0.05, 0.1) is 24.6 Å². The lowest BCUT2D eigenvalue weighted by Gasteiger charge is -2.29. The number of nitriles is 1. The number of anilines is 3. The molecule has 0 bridgehead atoms. The molecule has 9 nitrogen and oxygen atoms in total. The molecule has 2 fully saturated rings. The highest BCUT2D eigenvalue weighted by molar-refractivity contribution is 9.10. The van der Waals surface area contributed by atoms with Gasteiger partial charge >= 0.3 is 0 Å². The van der Waals surface area contributed by atoms with Crippen molar-refractivity contribution in [2.45, 2.75) is 56.7 Å². The van der Waals surface area contributed by atoms with E-state index in [4.69, 9.17) is 15.1 Å². The summed E-state index contributed by atoms with van der Waals surface area (Å²) in [5, 5.41) is 28.7. The summed E-state index contributed by atoms with van der Waals surface area (Å²) >= 11 is 3.47. The maximum absolute atomic E-state index is 9.32. The number of rotatable bonds is 8. The van der Waals surface area contributed by atoms with Crippen LogP contribution in [0.15, 0.2) is 29.0 Å². The van der Waals surface area contributed by atoms with E-state index in [-0.39, 0.29) is 6.61 Å². The number of hydrogen-bond acceptors (Lipinski definition) is 8. The van der Waals surface area contributed by atoms with E-state index < -0.39 is 0 Å². The van der Waals surface area contributed by atoms with Gasteiger partial charge in [-0.1, -0.05) is 15.9 Å². The van der Waals surface area contributed by atoms with Crippen molar-refractivity contribution >= 4 is 44.5 Å². The van der Waals surface area contributed by atoms with Gasteiger partial charge < -0.3 is 25.6 Å². The molecule has 0 atom stereocenters. The number of halogens is 1. The Balaban J connectivity index is 1.41. The number of nitrogens with one attached hydrogen (secondary N) is 3. The van der Waals surface area contributed by atoms with Crippen molar-refractivity contribution in [3.8, 4) is 6.07 Å². The van der Waals surface area contributed by atoms with Gasteiger partial charge in [-0.25, -0.2) is 4.98 Å². The molecule has 0 unspecified atom stereocenters. The minimum atomic E-state index is 0.171. The average molecular weight is 511 g/mol. The lowest BCUT2D eigenvalue weighted by Crippen LogP contribution is -2.38. The highest BCUT2D eigenvalue weighted by Crippen LogP contribution is 2.38. The van der Waals surface area contributed by atoms with Crippen LogP contribution in [-0.2, 0) is 0 Å². The number of fused-ring (bicyclic) bond motifs is 1. The van der Waals surface area contributed by atoms with Gasteiger partial charge in [0.1, 0.15) is 0 Å². The predicted octanol–water partition coefficient (Wildman–Crippen LogP) is 3.84. The van der Waals surface area contributed by atoms with E-state index >= 15 is 0 Å². The molecule has 2 aliphatic carbocycles. The van der Waals surface area contributed by atoms with Crippen LogP contribution in [0, 0.1) is 11.3 Å². The van der Waals surface area contributed by atoms with Crippen LogP contribution in [0.25, 0.3) is 11.2 Å². The SMILES string of the molecule is N#Cc1cc(Br)cc(Nc2nc(NC3CCC(NCCO)CC3)nc3c2ncn3C2CC2)c1. The number of aromatic nitrogens is 4. The van der Waals surface area contributed by atoms with Crippen molar-refractivity contribution in [2.75, 3.05) is 23.8 Å². The van der Waals surface area contributed by atoms with Crippen LogP contribution >= 0.6 is 15.9 Å². The zero-order chi connectivity index (χ0) is 22.8. The fourth-order valence-corrected chi connectivity index (χ4v) is 4.94. The van der Waals surface area contributed by atoms with Gasteiger partial charge in [-0.15, -0.1) is 0 Å². The van der Waals surface area contributed by atoms with Crippen LogP contribution in [0.3, 0.4) is 0 Å². The first-order valence-electron chi connectivity index (χ1n) is 11.5. The monoisotopic (exact) mass is 510 g/mol. The number of benzene rings is 1. The Labute approximate surface area is 200 Å². The molecule has 10 heteroatoms. The van der Waals surface area contributed by atoms with E-state index in [0.717, 1.165) is 59.8 Å².